The van der Waals surface area contributed by atoms with E-state index in [2.05, 4.69) is 0 Å². The molecule has 1 fully saturated rings. The Morgan fingerprint density at radius 2 is 1.76 bits per heavy atom. The van der Waals surface area contributed by atoms with Gasteiger partial charge in [-0.25, -0.2) is 0 Å². The molecular weight excluding hydrogens is 216 g/mol. The van der Waals surface area contributed by atoms with Gasteiger partial charge in [-0.2, -0.15) is 0 Å². The molecule has 1 rings (SSSR count). The van der Waals surface area contributed by atoms with E-state index < -0.39 is 0 Å². The summed E-state index contributed by atoms with van der Waals surface area (Å²) in [7, 11) is 0. The fourth-order valence-corrected chi connectivity index (χ4v) is 2.47. The molecule has 100 valence electrons. The third-order valence-corrected chi connectivity index (χ3v) is 2.86. The molecule has 1 atom stereocenters. The monoisotopic (exact) mass is 242 g/mol. The SMILES string of the molecule is CC(N)CCC(=O)N1CC(C)(C)OC(C)(C)C1. The predicted molar refractivity (Wildman–Crippen MR) is 68.7 cm³/mol. The predicted octanol–water partition coefficient (Wildman–Crippen LogP) is 1.53. The Balaban J connectivity index is 2.61. The zero-order chi connectivity index (χ0) is 13.3. The maximum Gasteiger partial charge on any atom is 0.222 e. The van der Waals surface area contributed by atoms with Gasteiger partial charge in [0.15, 0.2) is 0 Å². The lowest BCUT2D eigenvalue weighted by Gasteiger charge is -2.47. The van der Waals surface area contributed by atoms with Gasteiger partial charge < -0.3 is 15.4 Å². The molecule has 0 aromatic heterocycles. The van der Waals surface area contributed by atoms with Gasteiger partial charge in [0.05, 0.1) is 11.2 Å². The second kappa shape index (κ2) is 4.94. The van der Waals surface area contributed by atoms with E-state index in [1.807, 2.05) is 39.5 Å². The van der Waals surface area contributed by atoms with Crippen molar-refractivity contribution >= 4 is 5.91 Å². The highest BCUT2D eigenvalue weighted by molar-refractivity contribution is 5.76. The van der Waals surface area contributed by atoms with Crippen LogP contribution in [0.1, 0.15) is 47.5 Å². The largest absolute Gasteiger partial charge is 0.366 e. The Labute approximate surface area is 104 Å². The quantitative estimate of drug-likeness (QED) is 0.816. The van der Waals surface area contributed by atoms with Crippen LogP contribution in [0.5, 0.6) is 0 Å². The van der Waals surface area contributed by atoms with Crippen molar-refractivity contribution in [2.45, 2.75) is 64.7 Å². The summed E-state index contributed by atoms with van der Waals surface area (Å²) in [5.41, 5.74) is 5.14. The Hall–Kier alpha value is -0.610. The van der Waals surface area contributed by atoms with Crippen LogP contribution in [0, 0.1) is 0 Å². The summed E-state index contributed by atoms with van der Waals surface area (Å²) in [5, 5.41) is 0. The summed E-state index contributed by atoms with van der Waals surface area (Å²) in [5.74, 6) is 0.187. The molecule has 0 aliphatic carbocycles. The first-order valence-electron chi connectivity index (χ1n) is 6.35. The summed E-state index contributed by atoms with van der Waals surface area (Å²) in [6.45, 7) is 11.4. The first-order chi connectivity index (χ1) is 7.61. The minimum Gasteiger partial charge on any atom is -0.366 e. The van der Waals surface area contributed by atoms with Crippen molar-refractivity contribution in [2.24, 2.45) is 5.73 Å². The lowest BCUT2D eigenvalue weighted by Crippen LogP contribution is -2.58. The number of rotatable bonds is 3. The molecule has 1 aliphatic rings. The van der Waals surface area contributed by atoms with E-state index >= 15 is 0 Å². The molecule has 0 spiro atoms. The first-order valence-corrected chi connectivity index (χ1v) is 6.35. The molecule has 1 unspecified atom stereocenters. The van der Waals surface area contributed by atoms with Gasteiger partial charge in [-0.05, 0) is 41.0 Å². The standard InChI is InChI=1S/C13H26N2O2/c1-10(14)6-7-11(16)15-8-12(2,3)17-13(4,5)9-15/h10H,6-9,14H2,1-5H3. The minimum atomic E-state index is -0.272. The molecule has 0 aromatic rings. The Kier molecular flexibility index (Phi) is 4.20. The highest BCUT2D eigenvalue weighted by Gasteiger charge is 2.39. The number of nitrogens with zero attached hydrogens (tertiary/aromatic N) is 1. The second-order valence-electron chi connectivity index (χ2n) is 6.39. The third kappa shape index (κ3) is 4.64. The first kappa shape index (κ1) is 14.5. The zero-order valence-corrected chi connectivity index (χ0v) is 11.7. The zero-order valence-electron chi connectivity index (χ0n) is 11.7. The molecule has 1 amide bonds. The van der Waals surface area contributed by atoms with Gasteiger partial charge >= 0.3 is 0 Å². The number of ether oxygens (including phenoxy) is 1. The van der Waals surface area contributed by atoms with Crippen LogP contribution in [0.15, 0.2) is 0 Å². The highest BCUT2D eigenvalue weighted by atomic mass is 16.5. The molecule has 0 radical (unpaired) electrons. The van der Waals surface area contributed by atoms with Crippen LogP contribution in [0.4, 0.5) is 0 Å². The Morgan fingerprint density at radius 3 is 2.18 bits per heavy atom. The number of hydrogen-bond acceptors (Lipinski definition) is 3. The number of hydrogen-bond donors (Lipinski definition) is 1. The average molecular weight is 242 g/mol. The summed E-state index contributed by atoms with van der Waals surface area (Å²) in [4.78, 5) is 14.0. The van der Waals surface area contributed by atoms with Crippen LogP contribution in [0.3, 0.4) is 0 Å². The molecule has 1 saturated heterocycles. The van der Waals surface area contributed by atoms with E-state index in [1.165, 1.54) is 0 Å². The van der Waals surface area contributed by atoms with Crippen molar-refractivity contribution in [3.63, 3.8) is 0 Å². The van der Waals surface area contributed by atoms with E-state index in [0.29, 0.717) is 19.5 Å². The number of nitrogens with two attached hydrogens (primary N) is 1. The lowest BCUT2D eigenvalue weighted by atomic mass is 9.98. The number of carbonyl (C=O) groups is 1. The van der Waals surface area contributed by atoms with Crippen molar-refractivity contribution in [3.8, 4) is 0 Å². The van der Waals surface area contributed by atoms with Crippen molar-refractivity contribution in [3.05, 3.63) is 0 Å². The molecule has 0 bridgehead atoms. The van der Waals surface area contributed by atoms with Crippen LogP contribution in [-0.2, 0) is 9.53 Å². The summed E-state index contributed by atoms with van der Waals surface area (Å²) in [6, 6.07) is 0.0843. The lowest BCUT2D eigenvalue weighted by molar-refractivity contribution is -0.188. The number of amides is 1. The van der Waals surface area contributed by atoms with Gasteiger partial charge in [0.1, 0.15) is 0 Å². The Morgan fingerprint density at radius 1 is 1.29 bits per heavy atom. The molecule has 1 heterocycles. The smallest absolute Gasteiger partial charge is 0.222 e. The van der Waals surface area contributed by atoms with Crippen LogP contribution in [0.2, 0.25) is 0 Å². The van der Waals surface area contributed by atoms with Gasteiger partial charge in [-0.15, -0.1) is 0 Å². The molecule has 2 N–H and O–H groups in total. The van der Waals surface area contributed by atoms with Gasteiger partial charge in [0, 0.05) is 25.6 Å². The van der Waals surface area contributed by atoms with E-state index in [1.54, 1.807) is 0 Å². The van der Waals surface area contributed by atoms with Gasteiger partial charge in [0.2, 0.25) is 5.91 Å². The molecule has 0 saturated carbocycles. The maximum absolute atomic E-state index is 12.1. The van der Waals surface area contributed by atoms with E-state index in [0.717, 1.165) is 6.42 Å². The summed E-state index contributed by atoms with van der Waals surface area (Å²) < 4.78 is 5.95. The molecular formula is C13H26N2O2. The molecule has 4 heteroatoms. The van der Waals surface area contributed by atoms with Crippen molar-refractivity contribution < 1.29 is 9.53 Å². The summed E-state index contributed by atoms with van der Waals surface area (Å²) in [6.07, 6.45) is 1.28. The molecule has 0 aromatic carbocycles. The van der Waals surface area contributed by atoms with Crippen molar-refractivity contribution in [1.29, 1.82) is 0 Å². The van der Waals surface area contributed by atoms with E-state index in [9.17, 15) is 4.79 Å². The minimum absolute atomic E-state index is 0.0843. The third-order valence-electron chi connectivity index (χ3n) is 2.86. The van der Waals surface area contributed by atoms with Crippen molar-refractivity contribution in [1.82, 2.24) is 4.90 Å². The molecule has 4 nitrogen and oxygen atoms in total. The molecule has 1 aliphatic heterocycles. The topological polar surface area (TPSA) is 55.6 Å². The van der Waals surface area contributed by atoms with Crippen LogP contribution in [0.25, 0.3) is 0 Å². The van der Waals surface area contributed by atoms with Gasteiger partial charge in [-0.3, -0.25) is 4.79 Å². The highest BCUT2D eigenvalue weighted by Crippen LogP contribution is 2.28. The number of carbonyl (C=O) groups excluding carboxylic acids is 1. The summed E-state index contributed by atoms with van der Waals surface area (Å²) >= 11 is 0. The van der Waals surface area contributed by atoms with Crippen LogP contribution >= 0.6 is 0 Å². The average Bonchev–Trinajstić information content (AvgIpc) is 2.08. The Bertz CT molecular complexity index is 269. The maximum atomic E-state index is 12.1. The van der Waals surface area contributed by atoms with E-state index in [-0.39, 0.29) is 23.2 Å². The fourth-order valence-electron chi connectivity index (χ4n) is 2.47. The second-order valence-corrected chi connectivity index (χ2v) is 6.39. The number of morpholine rings is 1. The fraction of sp³-hybridized carbons (Fsp3) is 0.923. The van der Waals surface area contributed by atoms with Crippen LogP contribution < -0.4 is 5.73 Å². The van der Waals surface area contributed by atoms with Crippen molar-refractivity contribution in [2.75, 3.05) is 13.1 Å². The van der Waals surface area contributed by atoms with Gasteiger partial charge in [-0.1, -0.05) is 0 Å². The van der Waals surface area contributed by atoms with E-state index in [4.69, 9.17) is 10.5 Å². The molecule has 17 heavy (non-hydrogen) atoms. The van der Waals surface area contributed by atoms with Crippen LogP contribution in [-0.4, -0.2) is 41.1 Å². The van der Waals surface area contributed by atoms with Gasteiger partial charge in [0.25, 0.3) is 0 Å². The normalized spacial score (nSPS) is 24.5.